The van der Waals surface area contributed by atoms with Gasteiger partial charge >= 0.3 is 5.97 Å². The van der Waals surface area contributed by atoms with Crippen LogP contribution in [-0.4, -0.2) is 31.3 Å². The van der Waals surface area contributed by atoms with Gasteiger partial charge in [-0.25, -0.2) is 13.1 Å². The molecule has 0 saturated carbocycles. The number of carboxylic acid groups (broad SMARTS) is 1. The maximum atomic E-state index is 11.2. The molecule has 0 heterocycles. The molecule has 6 heteroatoms. The summed E-state index contributed by atoms with van der Waals surface area (Å²) in [6.07, 6.45) is 1.52. The van der Waals surface area contributed by atoms with Gasteiger partial charge in [0.05, 0.1) is 5.75 Å². The summed E-state index contributed by atoms with van der Waals surface area (Å²) in [5.74, 6) is -1.08. The molecule has 1 atom stereocenters. The fourth-order valence-corrected chi connectivity index (χ4v) is 2.05. The van der Waals surface area contributed by atoms with Crippen molar-refractivity contribution in [3.8, 4) is 0 Å². The fraction of sp³-hybridized carbons (Fsp3) is 0.625. The van der Waals surface area contributed by atoms with E-state index < -0.39 is 16.0 Å². The van der Waals surface area contributed by atoms with Gasteiger partial charge in [0.25, 0.3) is 0 Å². The molecule has 5 nitrogen and oxygen atoms in total. The van der Waals surface area contributed by atoms with Crippen LogP contribution in [0.4, 0.5) is 0 Å². The molecule has 0 aliphatic heterocycles. The zero-order valence-electron chi connectivity index (χ0n) is 8.06. The first-order chi connectivity index (χ1) is 6.37. The predicted octanol–water partition coefficient (Wildman–Crippen LogP) is 0.345. The average molecular weight is 221 g/mol. The third-order valence-corrected chi connectivity index (χ3v) is 2.95. The van der Waals surface area contributed by atoms with E-state index in [1.54, 1.807) is 6.92 Å². The van der Waals surface area contributed by atoms with E-state index in [4.69, 9.17) is 5.11 Å². The molecule has 0 aliphatic carbocycles. The Balaban J connectivity index is 3.99. The van der Waals surface area contributed by atoms with Gasteiger partial charge < -0.3 is 5.11 Å². The molecule has 0 bridgehead atoms. The molecular weight excluding hydrogens is 206 g/mol. The first kappa shape index (κ1) is 13.1. The minimum absolute atomic E-state index is 0.0439. The number of carboxylic acids is 1. The summed E-state index contributed by atoms with van der Waals surface area (Å²) in [6, 6.07) is -0.365. The molecule has 0 fully saturated rings. The van der Waals surface area contributed by atoms with Crippen LogP contribution >= 0.6 is 0 Å². The minimum atomic E-state index is -3.34. The van der Waals surface area contributed by atoms with Gasteiger partial charge in [-0.1, -0.05) is 6.08 Å². The van der Waals surface area contributed by atoms with Crippen LogP contribution in [0.3, 0.4) is 0 Å². The normalized spacial score (nSPS) is 13.5. The number of hydrogen-bond donors (Lipinski definition) is 2. The quantitative estimate of drug-likeness (QED) is 0.607. The van der Waals surface area contributed by atoms with Crippen LogP contribution in [0.5, 0.6) is 0 Å². The molecule has 0 spiro atoms. The lowest BCUT2D eigenvalue weighted by molar-refractivity contribution is -0.137. The monoisotopic (exact) mass is 221 g/mol. The van der Waals surface area contributed by atoms with Gasteiger partial charge in [0.15, 0.2) is 0 Å². The van der Waals surface area contributed by atoms with Crippen molar-refractivity contribution < 1.29 is 18.3 Å². The summed E-state index contributed by atoms with van der Waals surface area (Å²) in [5, 5.41) is 8.37. The summed E-state index contributed by atoms with van der Waals surface area (Å²) in [7, 11) is -3.34. The number of rotatable bonds is 7. The number of nitrogens with one attached hydrogen (secondary N) is 1. The highest BCUT2D eigenvalue weighted by Gasteiger charge is 2.13. The van der Waals surface area contributed by atoms with Gasteiger partial charge in [-0.05, 0) is 13.3 Å². The van der Waals surface area contributed by atoms with Gasteiger partial charge in [-0.2, -0.15) is 0 Å². The summed E-state index contributed by atoms with van der Waals surface area (Å²) in [6.45, 7) is 4.94. The molecule has 14 heavy (non-hydrogen) atoms. The zero-order valence-corrected chi connectivity index (χ0v) is 8.88. The van der Waals surface area contributed by atoms with Crippen LogP contribution in [-0.2, 0) is 14.8 Å². The van der Waals surface area contributed by atoms with E-state index in [9.17, 15) is 13.2 Å². The summed E-state index contributed by atoms with van der Waals surface area (Å²) in [4.78, 5) is 10.2. The van der Waals surface area contributed by atoms with Crippen molar-refractivity contribution in [2.75, 3.05) is 5.75 Å². The summed E-state index contributed by atoms with van der Waals surface area (Å²) in [5.41, 5.74) is 0. The molecule has 0 amide bonds. The van der Waals surface area contributed by atoms with Gasteiger partial charge in [0.2, 0.25) is 10.0 Å². The highest BCUT2D eigenvalue weighted by atomic mass is 32.2. The maximum Gasteiger partial charge on any atom is 0.303 e. The molecule has 0 aromatic carbocycles. The van der Waals surface area contributed by atoms with Crippen molar-refractivity contribution >= 4 is 16.0 Å². The highest BCUT2D eigenvalue weighted by Crippen LogP contribution is 1.98. The number of hydrogen-bond acceptors (Lipinski definition) is 3. The minimum Gasteiger partial charge on any atom is -0.481 e. The number of aliphatic carboxylic acids is 1. The third-order valence-electron chi connectivity index (χ3n) is 1.51. The largest absolute Gasteiger partial charge is 0.481 e. The van der Waals surface area contributed by atoms with Crippen LogP contribution in [0.2, 0.25) is 0 Å². The smallest absolute Gasteiger partial charge is 0.303 e. The van der Waals surface area contributed by atoms with Crippen molar-refractivity contribution in [2.24, 2.45) is 0 Å². The van der Waals surface area contributed by atoms with Crippen molar-refractivity contribution in [3.63, 3.8) is 0 Å². The number of sulfonamides is 1. The Morgan fingerprint density at radius 3 is 2.64 bits per heavy atom. The maximum absolute atomic E-state index is 11.2. The Morgan fingerprint density at radius 2 is 2.21 bits per heavy atom. The van der Waals surface area contributed by atoms with Gasteiger partial charge in [0, 0.05) is 12.5 Å². The van der Waals surface area contributed by atoms with Gasteiger partial charge in [-0.3, -0.25) is 4.79 Å². The van der Waals surface area contributed by atoms with E-state index in [1.165, 1.54) is 6.08 Å². The SMILES string of the molecule is C=CCS(=O)(=O)NC(C)CCC(=O)O. The van der Waals surface area contributed by atoms with E-state index in [0.717, 1.165) is 0 Å². The number of carbonyl (C=O) groups is 1. The fourth-order valence-electron chi connectivity index (χ4n) is 0.909. The first-order valence-electron chi connectivity index (χ1n) is 4.20. The molecule has 1 unspecified atom stereocenters. The van der Waals surface area contributed by atoms with Crippen LogP contribution < -0.4 is 4.72 Å². The second-order valence-electron chi connectivity index (χ2n) is 3.02. The van der Waals surface area contributed by atoms with Crippen molar-refractivity contribution in [2.45, 2.75) is 25.8 Å². The molecule has 0 rings (SSSR count). The van der Waals surface area contributed by atoms with E-state index in [2.05, 4.69) is 11.3 Å². The van der Waals surface area contributed by atoms with E-state index in [0.29, 0.717) is 0 Å². The lowest BCUT2D eigenvalue weighted by Crippen LogP contribution is -2.34. The average Bonchev–Trinajstić information content (AvgIpc) is 1.99. The van der Waals surface area contributed by atoms with Crippen molar-refractivity contribution in [3.05, 3.63) is 12.7 Å². The van der Waals surface area contributed by atoms with Crippen molar-refractivity contribution in [1.82, 2.24) is 4.72 Å². The molecule has 0 radical (unpaired) electrons. The Hall–Kier alpha value is -0.880. The Bertz CT molecular complexity index is 296. The second kappa shape index (κ2) is 5.77. The Morgan fingerprint density at radius 1 is 1.64 bits per heavy atom. The lowest BCUT2D eigenvalue weighted by Gasteiger charge is -2.11. The van der Waals surface area contributed by atoms with E-state index in [1.807, 2.05) is 0 Å². The standard InChI is InChI=1S/C8H15NO4S/c1-3-6-14(12,13)9-7(2)4-5-8(10)11/h3,7,9H,1,4-6H2,2H3,(H,10,11). The second-order valence-corrected chi connectivity index (χ2v) is 4.82. The van der Waals surface area contributed by atoms with Gasteiger partial charge in [0.1, 0.15) is 0 Å². The van der Waals surface area contributed by atoms with Crippen LogP contribution in [0.25, 0.3) is 0 Å². The van der Waals surface area contributed by atoms with E-state index >= 15 is 0 Å². The molecule has 82 valence electrons. The third kappa shape index (κ3) is 6.62. The predicted molar refractivity (Wildman–Crippen MR) is 53.5 cm³/mol. The lowest BCUT2D eigenvalue weighted by atomic mass is 10.2. The molecule has 0 aliphatic rings. The topological polar surface area (TPSA) is 83.5 Å². The molecule has 2 N–H and O–H groups in total. The van der Waals surface area contributed by atoms with Crippen LogP contribution in [0.15, 0.2) is 12.7 Å². The van der Waals surface area contributed by atoms with Crippen molar-refractivity contribution in [1.29, 1.82) is 0 Å². The summed E-state index contributed by atoms with van der Waals surface area (Å²) >= 11 is 0. The first-order valence-corrected chi connectivity index (χ1v) is 5.85. The molecular formula is C8H15NO4S. The highest BCUT2D eigenvalue weighted by molar-refractivity contribution is 7.89. The Kier molecular flexibility index (Phi) is 5.40. The summed E-state index contributed by atoms with van der Waals surface area (Å²) < 4.78 is 24.7. The molecule has 0 saturated heterocycles. The zero-order chi connectivity index (χ0) is 11.2. The van der Waals surface area contributed by atoms with E-state index in [-0.39, 0.29) is 24.6 Å². The Labute approximate surface area is 83.9 Å². The van der Waals surface area contributed by atoms with Gasteiger partial charge in [-0.15, -0.1) is 6.58 Å². The molecule has 0 aromatic heterocycles. The van der Waals surface area contributed by atoms with Crippen LogP contribution in [0.1, 0.15) is 19.8 Å². The molecule has 0 aromatic rings. The van der Waals surface area contributed by atoms with Crippen LogP contribution in [0, 0.1) is 0 Å².